The van der Waals surface area contributed by atoms with E-state index in [-0.39, 0.29) is 30.0 Å². The standard InChI is InChI=1S/C23H29N5.HI/c1-17(21-13-9-6-10-14-21)26-23(24-4)25-15-22-18(2)27-28(19(22)3)16-20-11-7-5-8-12-20;/h5-14,17H,15-16H2,1-4H3,(H2,24,25,26);1H. The quantitative estimate of drug-likeness (QED) is 0.294. The summed E-state index contributed by atoms with van der Waals surface area (Å²) in [7, 11) is 1.80. The number of nitrogens with one attached hydrogen (secondary N) is 2. The lowest BCUT2D eigenvalue weighted by atomic mass is 10.1. The van der Waals surface area contributed by atoms with Crippen molar-refractivity contribution in [1.29, 1.82) is 0 Å². The zero-order valence-electron chi connectivity index (χ0n) is 17.5. The molecular formula is C23H30IN5. The summed E-state index contributed by atoms with van der Waals surface area (Å²) in [4.78, 5) is 4.37. The van der Waals surface area contributed by atoms with Gasteiger partial charge in [-0.25, -0.2) is 0 Å². The van der Waals surface area contributed by atoms with Gasteiger partial charge in [0.2, 0.25) is 0 Å². The molecule has 0 saturated heterocycles. The summed E-state index contributed by atoms with van der Waals surface area (Å²) >= 11 is 0. The first-order valence-electron chi connectivity index (χ1n) is 9.67. The molecule has 0 aliphatic rings. The number of rotatable bonds is 6. The van der Waals surface area contributed by atoms with Gasteiger partial charge in [0, 0.05) is 24.8 Å². The maximum Gasteiger partial charge on any atom is 0.191 e. The maximum atomic E-state index is 4.73. The lowest BCUT2D eigenvalue weighted by Gasteiger charge is -2.18. The van der Waals surface area contributed by atoms with Gasteiger partial charge < -0.3 is 10.6 Å². The topological polar surface area (TPSA) is 54.2 Å². The number of benzene rings is 2. The molecule has 0 aliphatic heterocycles. The van der Waals surface area contributed by atoms with E-state index >= 15 is 0 Å². The zero-order valence-corrected chi connectivity index (χ0v) is 19.8. The second-order valence-electron chi connectivity index (χ2n) is 7.00. The van der Waals surface area contributed by atoms with Crippen molar-refractivity contribution < 1.29 is 0 Å². The number of hydrogen-bond donors (Lipinski definition) is 2. The Bertz CT molecular complexity index is 919. The van der Waals surface area contributed by atoms with Gasteiger partial charge in [0.05, 0.1) is 18.3 Å². The highest BCUT2D eigenvalue weighted by atomic mass is 127. The first-order chi connectivity index (χ1) is 13.6. The van der Waals surface area contributed by atoms with E-state index in [0.29, 0.717) is 6.54 Å². The van der Waals surface area contributed by atoms with Crippen molar-refractivity contribution in [2.75, 3.05) is 7.05 Å². The molecule has 0 spiro atoms. The Kier molecular flexibility index (Phi) is 8.70. The Morgan fingerprint density at radius 2 is 1.66 bits per heavy atom. The van der Waals surface area contributed by atoms with Crippen LogP contribution >= 0.6 is 24.0 Å². The molecule has 0 radical (unpaired) electrons. The number of halogens is 1. The first kappa shape index (κ1) is 22.9. The van der Waals surface area contributed by atoms with Crippen molar-refractivity contribution in [2.45, 2.75) is 39.9 Å². The molecule has 0 amide bonds. The third kappa shape index (κ3) is 6.06. The summed E-state index contributed by atoms with van der Waals surface area (Å²) in [6.07, 6.45) is 0. The predicted octanol–water partition coefficient (Wildman–Crippen LogP) is 4.59. The zero-order chi connectivity index (χ0) is 19.9. The highest BCUT2D eigenvalue weighted by Gasteiger charge is 2.13. The van der Waals surface area contributed by atoms with Gasteiger partial charge in [-0.2, -0.15) is 5.10 Å². The maximum absolute atomic E-state index is 4.73. The smallest absolute Gasteiger partial charge is 0.191 e. The summed E-state index contributed by atoms with van der Waals surface area (Å²) in [5, 5.41) is 11.6. The summed E-state index contributed by atoms with van der Waals surface area (Å²) in [5.41, 5.74) is 5.93. The minimum absolute atomic E-state index is 0. The molecule has 2 N–H and O–H groups in total. The van der Waals surface area contributed by atoms with E-state index in [1.165, 1.54) is 22.4 Å². The third-order valence-electron chi connectivity index (χ3n) is 5.02. The second-order valence-corrected chi connectivity index (χ2v) is 7.00. The van der Waals surface area contributed by atoms with Gasteiger partial charge in [0.1, 0.15) is 0 Å². The molecule has 1 aromatic heterocycles. The predicted molar refractivity (Wildman–Crippen MR) is 131 cm³/mol. The van der Waals surface area contributed by atoms with Crippen molar-refractivity contribution in [3.8, 4) is 0 Å². The Hall–Kier alpha value is -2.35. The molecule has 2 aromatic carbocycles. The Morgan fingerprint density at radius 3 is 2.28 bits per heavy atom. The van der Waals surface area contributed by atoms with Crippen LogP contribution in [0.4, 0.5) is 0 Å². The van der Waals surface area contributed by atoms with Gasteiger partial charge in [-0.3, -0.25) is 9.67 Å². The van der Waals surface area contributed by atoms with E-state index in [0.717, 1.165) is 18.2 Å². The molecule has 3 rings (SSSR count). The SMILES string of the molecule is CN=C(NCc1c(C)nn(Cc2ccccc2)c1C)NC(C)c1ccccc1.I. The van der Waals surface area contributed by atoms with Crippen LogP contribution in [0.5, 0.6) is 0 Å². The lowest BCUT2D eigenvalue weighted by Crippen LogP contribution is -2.38. The van der Waals surface area contributed by atoms with E-state index in [1.807, 2.05) is 12.1 Å². The van der Waals surface area contributed by atoms with Crippen LogP contribution in [-0.2, 0) is 13.1 Å². The van der Waals surface area contributed by atoms with Crippen LogP contribution in [0.15, 0.2) is 65.7 Å². The van der Waals surface area contributed by atoms with Crippen molar-refractivity contribution in [3.05, 3.63) is 88.7 Å². The van der Waals surface area contributed by atoms with Crippen LogP contribution in [0, 0.1) is 13.8 Å². The van der Waals surface area contributed by atoms with E-state index in [9.17, 15) is 0 Å². The van der Waals surface area contributed by atoms with Crippen LogP contribution in [0.25, 0.3) is 0 Å². The molecule has 3 aromatic rings. The van der Waals surface area contributed by atoms with Crippen LogP contribution in [0.1, 0.15) is 41.0 Å². The average molecular weight is 503 g/mol. The fourth-order valence-corrected chi connectivity index (χ4v) is 3.30. The normalized spacial score (nSPS) is 12.2. The Balaban J connectivity index is 0.00000300. The number of aromatic nitrogens is 2. The van der Waals surface area contributed by atoms with Crippen LogP contribution < -0.4 is 10.6 Å². The molecule has 154 valence electrons. The van der Waals surface area contributed by atoms with E-state index < -0.39 is 0 Å². The lowest BCUT2D eigenvalue weighted by molar-refractivity contribution is 0.656. The van der Waals surface area contributed by atoms with Crippen LogP contribution in [0.2, 0.25) is 0 Å². The van der Waals surface area contributed by atoms with Crippen LogP contribution in [-0.4, -0.2) is 22.8 Å². The molecule has 0 aliphatic carbocycles. The monoisotopic (exact) mass is 503 g/mol. The summed E-state index contributed by atoms with van der Waals surface area (Å²) in [5.74, 6) is 0.783. The van der Waals surface area contributed by atoms with Gasteiger partial charge in [-0.15, -0.1) is 24.0 Å². The van der Waals surface area contributed by atoms with E-state index in [1.54, 1.807) is 7.05 Å². The Morgan fingerprint density at radius 1 is 1.03 bits per heavy atom. The van der Waals surface area contributed by atoms with Gasteiger partial charge in [-0.05, 0) is 31.9 Å². The summed E-state index contributed by atoms with van der Waals surface area (Å²) in [6.45, 7) is 7.80. The molecule has 1 unspecified atom stereocenters. The molecule has 6 heteroatoms. The second kappa shape index (κ2) is 11.0. The first-order valence-corrected chi connectivity index (χ1v) is 9.67. The highest BCUT2D eigenvalue weighted by Crippen LogP contribution is 2.15. The minimum atomic E-state index is 0. The fraction of sp³-hybridized carbons (Fsp3) is 0.304. The highest BCUT2D eigenvalue weighted by molar-refractivity contribution is 14.0. The molecule has 1 atom stereocenters. The Labute approximate surface area is 190 Å². The number of aryl methyl sites for hydroxylation is 1. The van der Waals surface area contributed by atoms with Crippen molar-refractivity contribution >= 4 is 29.9 Å². The molecule has 0 fully saturated rings. The van der Waals surface area contributed by atoms with Gasteiger partial charge in [0.15, 0.2) is 5.96 Å². The molecule has 0 bridgehead atoms. The van der Waals surface area contributed by atoms with Crippen molar-refractivity contribution in [2.24, 2.45) is 4.99 Å². The van der Waals surface area contributed by atoms with Gasteiger partial charge >= 0.3 is 0 Å². The molecule has 5 nitrogen and oxygen atoms in total. The number of guanidine groups is 1. The molecular weight excluding hydrogens is 473 g/mol. The van der Waals surface area contributed by atoms with Gasteiger partial charge in [-0.1, -0.05) is 60.7 Å². The largest absolute Gasteiger partial charge is 0.352 e. The summed E-state index contributed by atoms with van der Waals surface area (Å²) < 4.78 is 2.07. The number of aliphatic imine (C=N–C) groups is 1. The molecule has 0 saturated carbocycles. The third-order valence-corrected chi connectivity index (χ3v) is 5.02. The summed E-state index contributed by atoms with van der Waals surface area (Å²) in [6, 6.07) is 21.0. The fourth-order valence-electron chi connectivity index (χ4n) is 3.30. The van der Waals surface area contributed by atoms with Gasteiger partial charge in [0.25, 0.3) is 0 Å². The average Bonchev–Trinajstić information content (AvgIpc) is 2.99. The van der Waals surface area contributed by atoms with Crippen molar-refractivity contribution in [1.82, 2.24) is 20.4 Å². The molecule has 29 heavy (non-hydrogen) atoms. The van der Waals surface area contributed by atoms with Crippen LogP contribution in [0.3, 0.4) is 0 Å². The number of nitrogens with zero attached hydrogens (tertiary/aromatic N) is 3. The van der Waals surface area contributed by atoms with E-state index in [4.69, 9.17) is 5.10 Å². The van der Waals surface area contributed by atoms with Crippen molar-refractivity contribution in [3.63, 3.8) is 0 Å². The number of hydrogen-bond acceptors (Lipinski definition) is 2. The molecule has 1 heterocycles. The minimum Gasteiger partial charge on any atom is -0.352 e. The van der Waals surface area contributed by atoms with E-state index in [2.05, 4.69) is 89.6 Å².